The molecule has 12 heavy (non-hydrogen) atoms. The van der Waals surface area contributed by atoms with Crippen LogP contribution in [0.5, 0.6) is 0 Å². The zero-order valence-corrected chi connectivity index (χ0v) is 7.76. The van der Waals surface area contributed by atoms with E-state index >= 15 is 0 Å². The Morgan fingerprint density at radius 3 is 2.50 bits per heavy atom. The summed E-state index contributed by atoms with van der Waals surface area (Å²) in [7, 11) is 0. The van der Waals surface area contributed by atoms with E-state index in [2.05, 4.69) is 12.2 Å². The summed E-state index contributed by atoms with van der Waals surface area (Å²) in [6.07, 6.45) is 9.02. The summed E-state index contributed by atoms with van der Waals surface area (Å²) in [5.41, 5.74) is 0. The van der Waals surface area contributed by atoms with Crippen molar-refractivity contribution in [1.82, 2.24) is 0 Å². The van der Waals surface area contributed by atoms with Gasteiger partial charge in [0.15, 0.2) is 0 Å². The highest BCUT2D eigenvalue weighted by Gasteiger charge is 2.31. The van der Waals surface area contributed by atoms with Gasteiger partial charge in [-0.05, 0) is 49.1 Å². The van der Waals surface area contributed by atoms with Gasteiger partial charge < -0.3 is 0 Å². The highest BCUT2D eigenvalue weighted by atomic mass is 35.5. The molecule has 3 rings (SSSR count). The van der Waals surface area contributed by atoms with Crippen LogP contribution in [0.4, 0.5) is 0 Å². The van der Waals surface area contributed by atoms with Crippen molar-refractivity contribution in [2.45, 2.75) is 25.7 Å². The lowest BCUT2D eigenvalue weighted by Crippen LogP contribution is -2.17. The second-order valence-corrected chi connectivity index (χ2v) is 4.25. The van der Waals surface area contributed by atoms with Gasteiger partial charge in [-0.15, -0.1) is 0 Å². The zero-order chi connectivity index (χ0) is 8.55. The lowest BCUT2D eigenvalue weighted by Gasteiger charge is -2.19. The Labute approximate surface area is 77.8 Å². The molecule has 0 saturated heterocycles. The van der Waals surface area contributed by atoms with Gasteiger partial charge in [-0.1, -0.05) is 12.2 Å². The minimum Gasteiger partial charge on any atom is -0.281 e. The molecule has 0 heterocycles. The molecule has 2 heteroatoms. The molecule has 3 atom stereocenters. The van der Waals surface area contributed by atoms with E-state index in [4.69, 9.17) is 11.6 Å². The first-order chi connectivity index (χ1) is 5.77. The molecule has 0 N–H and O–H groups in total. The molecule has 0 aliphatic heterocycles. The summed E-state index contributed by atoms with van der Waals surface area (Å²) >= 11 is 5.55. The van der Waals surface area contributed by atoms with Crippen molar-refractivity contribution in [2.75, 3.05) is 0 Å². The van der Waals surface area contributed by atoms with Crippen LogP contribution < -0.4 is 0 Å². The van der Waals surface area contributed by atoms with Gasteiger partial charge in [-0.2, -0.15) is 0 Å². The highest BCUT2D eigenvalue weighted by molar-refractivity contribution is 6.64. The third-order valence-corrected chi connectivity index (χ3v) is 3.44. The highest BCUT2D eigenvalue weighted by Crippen LogP contribution is 2.38. The molecule has 0 radical (unpaired) electrons. The third kappa shape index (κ3) is 1.42. The van der Waals surface area contributed by atoms with Crippen LogP contribution in [0.25, 0.3) is 0 Å². The van der Waals surface area contributed by atoms with Crippen LogP contribution in [0, 0.1) is 17.8 Å². The van der Waals surface area contributed by atoms with Crippen molar-refractivity contribution in [1.29, 1.82) is 0 Å². The number of allylic oxidation sites excluding steroid dienone is 2. The molecule has 1 saturated carbocycles. The second-order valence-electron chi connectivity index (χ2n) is 3.87. The topological polar surface area (TPSA) is 17.1 Å². The van der Waals surface area contributed by atoms with Gasteiger partial charge in [0.2, 0.25) is 5.24 Å². The van der Waals surface area contributed by atoms with Crippen LogP contribution in [-0.4, -0.2) is 5.24 Å². The Kier molecular flexibility index (Phi) is 2.22. The lowest BCUT2D eigenvalue weighted by atomic mass is 9.86. The second kappa shape index (κ2) is 3.21. The maximum atomic E-state index is 11.1. The van der Waals surface area contributed by atoms with E-state index in [0.717, 1.165) is 25.2 Å². The Morgan fingerprint density at radius 2 is 1.92 bits per heavy atom. The number of rotatable bonds is 1. The van der Waals surface area contributed by atoms with E-state index in [1.165, 1.54) is 6.42 Å². The van der Waals surface area contributed by atoms with Gasteiger partial charge in [-0.25, -0.2) is 0 Å². The van der Waals surface area contributed by atoms with Gasteiger partial charge in [-0.3, -0.25) is 4.79 Å². The fourth-order valence-corrected chi connectivity index (χ4v) is 2.64. The van der Waals surface area contributed by atoms with Crippen molar-refractivity contribution in [3.63, 3.8) is 0 Å². The van der Waals surface area contributed by atoms with E-state index in [9.17, 15) is 4.79 Å². The van der Waals surface area contributed by atoms with Crippen molar-refractivity contribution in [2.24, 2.45) is 17.8 Å². The molecule has 66 valence electrons. The molecular weight excluding hydrogens is 172 g/mol. The minimum absolute atomic E-state index is 0.107. The van der Waals surface area contributed by atoms with Crippen molar-refractivity contribution in [3.05, 3.63) is 12.2 Å². The Bertz CT molecular complexity index is 222. The number of hydrogen-bond acceptors (Lipinski definition) is 1. The predicted octanol–water partition coefficient (Wildman–Crippen LogP) is 2.74. The van der Waals surface area contributed by atoms with E-state index in [0.29, 0.717) is 5.92 Å². The predicted molar refractivity (Wildman–Crippen MR) is 48.9 cm³/mol. The van der Waals surface area contributed by atoms with E-state index in [-0.39, 0.29) is 11.2 Å². The molecular formula is C10H13ClO. The van der Waals surface area contributed by atoms with Gasteiger partial charge in [0.05, 0.1) is 0 Å². The summed E-state index contributed by atoms with van der Waals surface area (Å²) in [6, 6.07) is 0. The maximum Gasteiger partial charge on any atom is 0.225 e. The van der Waals surface area contributed by atoms with Crippen LogP contribution >= 0.6 is 11.6 Å². The monoisotopic (exact) mass is 184 g/mol. The SMILES string of the molecule is O=C(Cl)C1CCC2C=CC1CC2. The number of fused-ring (bicyclic) bond motifs is 3. The van der Waals surface area contributed by atoms with Crippen LogP contribution in [0.15, 0.2) is 12.2 Å². The van der Waals surface area contributed by atoms with Crippen LogP contribution in [0.3, 0.4) is 0 Å². The number of hydrogen-bond donors (Lipinski definition) is 0. The average molecular weight is 185 g/mol. The van der Waals surface area contributed by atoms with Gasteiger partial charge >= 0.3 is 0 Å². The Morgan fingerprint density at radius 1 is 1.17 bits per heavy atom. The van der Waals surface area contributed by atoms with Crippen molar-refractivity contribution >= 4 is 16.8 Å². The van der Waals surface area contributed by atoms with Crippen molar-refractivity contribution in [3.8, 4) is 0 Å². The number of carbonyl (C=O) groups is 1. The van der Waals surface area contributed by atoms with Crippen LogP contribution in [0.2, 0.25) is 0 Å². The Hall–Kier alpha value is -0.300. The summed E-state index contributed by atoms with van der Waals surface area (Å²) in [4.78, 5) is 11.1. The first kappa shape index (κ1) is 8.31. The van der Waals surface area contributed by atoms with Gasteiger partial charge in [0, 0.05) is 5.92 Å². The summed E-state index contributed by atoms with van der Waals surface area (Å²) in [5, 5.41) is -0.132. The molecule has 3 unspecified atom stereocenters. The first-order valence-corrected chi connectivity index (χ1v) is 5.03. The average Bonchev–Trinajstić information content (AvgIpc) is 2.36. The lowest BCUT2D eigenvalue weighted by molar-refractivity contribution is -0.116. The first-order valence-electron chi connectivity index (χ1n) is 4.65. The fourth-order valence-electron chi connectivity index (χ4n) is 2.36. The number of carbonyl (C=O) groups excluding carboxylic acids is 1. The normalized spacial score (nSPS) is 39.6. The number of halogens is 1. The molecule has 0 aromatic carbocycles. The largest absolute Gasteiger partial charge is 0.281 e. The fraction of sp³-hybridized carbons (Fsp3) is 0.700. The molecule has 3 aliphatic carbocycles. The Balaban J connectivity index is 2.17. The molecule has 0 amide bonds. The van der Waals surface area contributed by atoms with Gasteiger partial charge in [0.25, 0.3) is 0 Å². The summed E-state index contributed by atoms with van der Waals surface area (Å²) < 4.78 is 0. The molecule has 0 aromatic rings. The molecule has 0 aromatic heterocycles. The molecule has 1 nitrogen and oxygen atoms in total. The van der Waals surface area contributed by atoms with E-state index < -0.39 is 0 Å². The summed E-state index contributed by atoms with van der Waals surface area (Å²) in [5.74, 6) is 1.27. The van der Waals surface area contributed by atoms with Crippen molar-refractivity contribution < 1.29 is 4.79 Å². The third-order valence-electron chi connectivity index (χ3n) is 3.16. The zero-order valence-electron chi connectivity index (χ0n) is 7.00. The van der Waals surface area contributed by atoms with E-state index in [1.54, 1.807) is 0 Å². The smallest absolute Gasteiger partial charge is 0.225 e. The molecule has 0 spiro atoms. The standard InChI is InChI=1S/C10H13ClO/c11-10(12)9-6-3-7-1-4-8(9)5-2-7/h1,4,7-9H,2-3,5-6H2. The van der Waals surface area contributed by atoms with Crippen LogP contribution in [-0.2, 0) is 4.79 Å². The summed E-state index contributed by atoms with van der Waals surface area (Å²) in [6.45, 7) is 0. The van der Waals surface area contributed by atoms with Gasteiger partial charge in [0.1, 0.15) is 0 Å². The molecule has 1 fully saturated rings. The van der Waals surface area contributed by atoms with Crippen LogP contribution in [0.1, 0.15) is 25.7 Å². The van der Waals surface area contributed by atoms with E-state index in [1.807, 2.05) is 0 Å². The molecule has 2 bridgehead atoms. The molecule has 3 aliphatic rings. The maximum absolute atomic E-state index is 11.1. The minimum atomic E-state index is -0.132. The quantitative estimate of drug-likeness (QED) is 0.453.